The molecule has 0 radical (unpaired) electrons. The average molecular weight is 285 g/mol. The lowest BCUT2D eigenvalue weighted by molar-refractivity contribution is 1.07. The summed E-state index contributed by atoms with van der Waals surface area (Å²) in [6, 6.07) is 17.2. The van der Waals surface area contributed by atoms with E-state index >= 15 is 0 Å². The van der Waals surface area contributed by atoms with Crippen molar-refractivity contribution in [3.63, 3.8) is 0 Å². The van der Waals surface area contributed by atoms with Crippen molar-refractivity contribution in [2.75, 3.05) is 17.6 Å². The first-order valence-electron chi connectivity index (χ1n) is 7.37. The summed E-state index contributed by atoms with van der Waals surface area (Å²) < 4.78 is 0. The van der Waals surface area contributed by atoms with Gasteiger partial charge >= 0.3 is 0 Å². The Labute approximate surface area is 126 Å². The van der Waals surface area contributed by atoms with Crippen LogP contribution < -0.4 is 5.32 Å². The topological polar surface area (TPSA) is 12.0 Å². The lowest BCUT2D eigenvalue weighted by atomic mass is 10.0. The molecule has 0 aliphatic heterocycles. The van der Waals surface area contributed by atoms with Gasteiger partial charge in [0.15, 0.2) is 0 Å². The molecule has 2 aromatic carbocycles. The molecule has 0 amide bonds. The minimum atomic E-state index is 1.00. The molecule has 0 unspecified atom stereocenters. The molecule has 2 heteroatoms. The van der Waals surface area contributed by atoms with E-state index < -0.39 is 0 Å². The Bertz CT molecular complexity index is 500. The zero-order chi connectivity index (χ0) is 14.2. The quantitative estimate of drug-likeness (QED) is 0.566. The first kappa shape index (κ1) is 15.0. The van der Waals surface area contributed by atoms with Crippen LogP contribution in [0.2, 0.25) is 0 Å². The number of thioether (sulfide) groups is 1. The van der Waals surface area contributed by atoms with Crippen LogP contribution in [0.1, 0.15) is 25.0 Å². The molecule has 0 atom stereocenters. The molecule has 0 aliphatic rings. The van der Waals surface area contributed by atoms with Gasteiger partial charge in [-0.05, 0) is 36.1 Å². The number of aryl methyl sites for hydroxylation is 2. The van der Waals surface area contributed by atoms with Crippen LogP contribution in [-0.4, -0.2) is 12.3 Å². The van der Waals surface area contributed by atoms with Crippen LogP contribution in [0.3, 0.4) is 0 Å². The van der Waals surface area contributed by atoms with E-state index in [1.807, 2.05) is 11.8 Å². The number of para-hydroxylation sites is 1. The minimum Gasteiger partial charge on any atom is -0.384 e. The van der Waals surface area contributed by atoms with Crippen LogP contribution in [0.4, 0.5) is 5.69 Å². The van der Waals surface area contributed by atoms with Gasteiger partial charge in [-0.2, -0.15) is 0 Å². The van der Waals surface area contributed by atoms with Crippen molar-refractivity contribution in [3.8, 4) is 0 Å². The Morgan fingerprint density at radius 2 is 1.50 bits per heavy atom. The highest BCUT2D eigenvalue weighted by Crippen LogP contribution is 2.23. The normalized spacial score (nSPS) is 10.5. The molecule has 0 aromatic heterocycles. The van der Waals surface area contributed by atoms with Crippen molar-refractivity contribution in [1.29, 1.82) is 0 Å². The maximum absolute atomic E-state index is 3.63. The van der Waals surface area contributed by atoms with Gasteiger partial charge in [-0.3, -0.25) is 0 Å². The van der Waals surface area contributed by atoms with Crippen molar-refractivity contribution in [1.82, 2.24) is 0 Å². The third-order valence-corrected chi connectivity index (χ3v) is 4.43. The smallest absolute Gasteiger partial charge is 0.0405 e. The van der Waals surface area contributed by atoms with Gasteiger partial charge in [-0.25, -0.2) is 0 Å². The van der Waals surface area contributed by atoms with Crippen molar-refractivity contribution >= 4 is 17.4 Å². The Balaban J connectivity index is 1.90. The molecule has 2 aromatic rings. The predicted molar refractivity (Wildman–Crippen MR) is 90.9 cm³/mol. The lowest BCUT2D eigenvalue weighted by Crippen LogP contribution is -2.08. The molecule has 0 spiro atoms. The molecule has 0 fully saturated rings. The van der Waals surface area contributed by atoms with Crippen LogP contribution in [0.15, 0.2) is 53.4 Å². The third-order valence-electron chi connectivity index (χ3n) is 3.41. The summed E-state index contributed by atoms with van der Waals surface area (Å²) in [5, 5.41) is 3.63. The molecule has 1 N–H and O–H groups in total. The third kappa shape index (κ3) is 4.04. The monoisotopic (exact) mass is 285 g/mol. The molecule has 106 valence electrons. The van der Waals surface area contributed by atoms with Crippen LogP contribution in [-0.2, 0) is 12.8 Å². The van der Waals surface area contributed by atoms with E-state index in [0.717, 1.165) is 25.1 Å². The molecule has 0 heterocycles. The number of rotatable bonds is 7. The fourth-order valence-electron chi connectivity index (χ4n) is 2.33. The summed E-state index contributed by atoms with van der Waals surface area (Å²) in [7, 11) is 0. The number of benzene rings is 2. The van der Waals surface area contributed by atoms with Crippen molar-refractivity contribution in [2.24, 2.45) is 0 Å². The molecule has 0 saturated carbocycles. The largest absolute Gasteiger partial charge is 0.384 e. The summed E-state index contributed by atoms with van der Waals surface area (Å²) in [5.74, 6) is 1.09. The summed E-state index contributed by atoms with van der Waals surface area (Å²) in [6.45, 7) is 5.45. The van der Waals surface area contributed by atoms with Gasteiger partial charge < -0.3 is 5.32 Å². The van der Waals surface area contributed by atoms with E-state index in [-0.39, 0.29) is 0 Å². The summed E-state index contributed by atoms with van der Waals surface area (Å²) >= 11 is 1.90. The fraction of sp³-hybridized carbons (Fsp3) is 0.333. The van der Waals surface area contributed by atoms with Crippen LogP contribution in [0.25, 0.3) is 0 Å². The molecule has 0 aliphatic carbocycles. The SMILES string of the molecule is CCc1cccc(CC)c1NCCSc1ccccc1. The standard InChI is InChI=1S/C18H23NS/c1-3-15-9-8-10-16(4-2)18(15)19-13-14-20-17-11-6-5-7-12-17/h5-12,19H,3-4,13-14H2,1-2H3. The van der Waals surface area contributed by atoms with E-state index in [1.165, 1.54) is 21.7 Å². The van der Waals surface area contributed by atoms with Crippen LogP contribution in [0, 0.1) is 0 Å². The molecule has 2 rings (SSSR count). The fourth-order valence-corrected chi connectivity index (χ4v) is 3.12. The lowest BCUT2D eigenvalue weighted by Gasteiger charge is -2.15. The second kappa shape index (κ2) is 8.01. The number of hydrogen-bond acceptors (Lipinski definition) is 2. The van der Waals surface area contributed by atoms with Gasteiger partial charge in [-0.1, -0.05) is 50.2 Å². The first-order chi connectivity index (χ1) is 9.85. The molecular weight excluding hydrogens is 262 g/mol. The maximum atomic E-state index is 3.63. The number of hydrogen-bond donors (Lipinski definition) is 1. The minimum absolute atomic E-state index is 1.00. The zero-order valence-electron chi connectivity index (χ0n) is 12.4. The van der Waals surface area contributed by atoms with Crippen LogP contribution in [0.5, 0.6) is 0 Å². The van der Waals surface area contributed by atoms with E-state index in [4.69, 9.17) is 0 Å². The van der Waals surface area contributed by atoms with Gasteiger partial charge in [0.2, 0.25) is 0 Å². The second-order valence-corrected chi connectivity index (χ2v) is 5.91. The Morgan fingerprint density at radius 3 is 2.10 bits per heavy atom. The molecule has 20 heavy (non-hydrogen) atoms. The van der Waals surface area contributed by atoms with Gasteiger partial charge in [0.05, 0.1) is 0 Å². The Morgan fingerprint density at radius 1 is 0.850 bits per heavy atom. The molecule has 1 nitrogen and oxygen atoms in total. The van der Waals surface area contributed by atoms with Crippen molar-refractivity contribution in [3.05, 3.63) is 59.7 Å². The van der Waals surface area contributed by atoms with Crippen LogP contribution >= 0.6 is 11.8 Å². The maximum Gasteiger partial charge on any atom is 0.0405 e. The van der Waals surface area contributed by atoms with Crippen molar-refractivity contribution < 1.29 is 0 Å². The highest BCUT2D eigenvalue weighted by atomic mass is 32.2. The first-order valence-corrected chi connectivity index (χ1v) is 8.36. The zero-order valence-corrected chi connectivity index (χ0v) is 13.2. The summed E-state index contributed by atoms with van der Waals surface area (Å²) in [6.07, 6.45) is 2.17. The average Bonchev–Trinajstić information content (AvgIpc) is 2.52. The number of anilines is 1. The highest BCUT2D eigenvalue weighted by Gasteiger charge is 2.05. The van der Waals surface area contributed by atoms with Gasteiger partial charge in [-0.15, -0.1) is 11.8 Å². The highest BCUT2D eigenvalue weighted by molar-refractivity contribution is 7.99. The van der Waals surface area contributed by atoms with E-state index in [1.54, 1.807) is 0 Å². The predicted octanol–water partition coefficient (Wildman–Crippen LogP) is 5.02. The van der Waals surface area contributed by atoms with E-state index in [2.05, 4.69) is 67.7 Å². The van der Waals surface area contributed by atoms with Gasteiger partial charge in [0.25, 0.3) is 0 Å². The van der Waals surface area contributed by atoms with E-state index in [9.17, 15) is 0 Å². The van der Waals surface area contributed by atoms with Crippen molar-refractivity contribution in [2.45, 2.75) is 31.6 Å². The molecule has 0 bridgehead atoms. The van der Waals surface area contributed by atoms with E-state index in [0.29, 0.717) is 0 Å². The van der Waals surface area contributed by atoms with Gasteiger partial charge in [0.1, 0.15) is 0 Å². The Kier molecular flexibility index (Phi) is 6.00. The molecule has 0 saturated heterocycles. The molecular formula is C18H23NS. The van der Waals surface area contributed by atoms with Gasteiger partial charge in [0, 0.05) is 22.9 Å². The Hall–Kier alpha value is -1.41. The number of nitrogens with one attached hydrogen (secondary N) is 1. The second-order valence-electron chi connectivity index (χ2n) is 4.75. The summed E-state index contributed by atoms with van der Waals surface area (Å²) in [5.41, 5.74) is 4.20. The summed E-state index contributed by atoms with van der Waals surface area (Å²) in [4.78, 5) is 1.34.